The number of halogens is 2. The predicted molar refractivity (Wildman–Crippen MR) is 86.9 cm³/mol. The Balaban J connectivity index is 2.52. The van der Waals surface area contributed by atoms with Crippen LogP contribution in [0.3, 0.4) is 0 Å². The summed E-state index contributed by atoms with van der Waals surface area (Å²) >= 11 is 3.55. The Morgan fingerprint density at radius 3 is 2.81 bits per heavy atom. The molecule has 2 aromatic rings. The normalized spacial score (nSPS) is 12.6. The molecular weight excluding hydrogens is 333 g/mol. The molecule has 114 valence electrons. The van der Waals surface area contributed by atoms with Crippen molar-refractivity contribution >= 4 is 15.9 Å². The Labute approximate surface area is 133 Å². The molecule has 1 N–H and O–H groups in total. The van der Waals surface area contributed by atoms with E-state index in [0.717, 1.165) is 35.2 Å². The molecule has 0 aliphatic rings. The SMILES string of the molecule is CCCNC(c1cc(C)ccc1F)c1c(Br)cnn1CC. The molecule has 21 heavy (non-hydrogen) atoms. The highest BCUT2D eigenvalue weighted by atomic mass is 79.9. The van der Waals surface area contributed by atoms with Gasteiger partial charge in [0, 0.05) is 12.1 Å². The van der Waals surface area contributed by atoms with Gasteiger partial charge >= 0.3 is 0 Å². The van der Waals surface area contributed by atoms with E-state index in [9.17, 15) is 4.39 Å². The van der Waals surface area contributed by atoms with E-state index in [1.165, 1.54) is 6.07 Å². The van der Waals surface area contributed by atoms with Crippen LogP contribution >= 0.6 is 15.9 Å². The molecule has 0 saturated carbocycles. The zero-order chi connectivity index (χ0) is 15.4. The Morgan fingerprint density at radius 1 is 1.38 bits per heavy atom. The number of aromatic nitrogens is 2. The summed E-state index contributed by atoms with van der Waals surface area (Å²) in [6.07, 6.45) is 2.76. The summed E-state index contributed by atoms with van der Waals surface area (Å²) in [7, 11) is 0. The fourth-order valence-corrected chi connectivity index (χ4v) is 2.96. The summed E-state index contributed by atoms with van der Waals surface area (Å²) in [5.74, 6) is -0.190. The lowest BCUT2D eigenvalue weighted by Gasteiger charge is -2.22. The standard InChI is InChI=1S/C16H21BrFN3/c1-4-8-19-15(12-9-11(3)6-7-14(12)18)16-13(17)10-20-21(16)5-2/h6-7,9-10,15,19H,4-5,8H2,1-3H3. The van der Waals surface area contributed by atoms with Gasteiger partial charge in [-0.25, -0.2) is 4.39 Å². The highest BCUT2D eigenvalue weighted by Crippen LogP contribution is 2.30. The van der Waals surface area contributed by atoms with E-state index < -0.39 is 0 Å². The van der Waals surface area contributed by atoms with Crippen molar-refractivity contribution in [2.45, 2.75) is 39.8 Å². The van der Waals surface area contributed by atoms with E-state index in [0.29, 0.717) is 5.56 Å². The second kappa shape index (κ2) is 7.18. The first-order valence-electron chi connectivity index (χ1n) is 7.29. The number of aryl methyl sites for hydroxylation is 2. The minimum atomic E-state index is -0.207. The number of hydrogen-bond acceptors (Lipinski definition) is 2. The molecule has 2 rings (SSSR count). The van der Waals surface area contributed by atoms with Gasteiger partial charge in [-0.05, 0) is 48.8 Å². The van der Waals surface area contributed by atoms with Gasteiger partial charge in [-0.1, -0.05) is 24.6 Å². The molecule has 0 aliphatic heterocycles. The molecule has 5 heteroatoms. The minimum Gasteiger partial charge on any atom is -0.305 e. The molecule has 0 amide bonds. The molecule has 3 nitrogen and oxygen atoms in total. The van der Waals surface area contributed by atoms with Gasteiger partial charge in [0.05, 0.1) is 22.4 Å². The van der Waals surface area contributed by atoms with Crippen LogP contribution in [0.15, 0.2) is 28.9 Å². The fraction of sp³-hybridized carbons (Fsp3) is 0.438. The maximum Gasteiger partial charge on any atom is 0.128 e. The third kappa shape index (κ3) is 3.52. The lowest BCUT2D eigenvalue weighted by molar-refractivity contribution is 0.504. The third-order valence-electron chi connectivity index (χ3n) is 3.47. The molecular formula is C16H21BrFN3. The molecule has 1 aromatic heterocycles. The predicted octanol–water partition coefficient (Wildman–Crippen LogP) is 4.20. The lowest BCUT2D eigenvalue weighted by Crippen LogP contribution is -2.27. The molecule has 0 saturated heterocycles. The molecule has 0 bridgehead atoms. The van der Waals surface area contributed by atoms with Crippen LogP contribution < -0.4 is 5.32 Å². The average molecular weight is 354 g/mol. The third-order valence-corrected chi connectivity index (χ3v) is 4.08. The Kier molecular flexibility index (Phi) is 5.53. The van der Waals surface area contributed by atoms with Gasteiger partial charge in [0.2, 0.25) is 0 Å². The van der Waals surface area contributed by atoms with E-state index in [4.69, 9.17) is 0 Å². The van der Waals surface area contributed by atoms with Crippen molar-refractivity contribution in [1.82, 2.24) is 15.1 Å². The summed E-state index contributed by atoms with van der Waals surface area (Å²) in [5.41, 5.74) is 2.68. The van der Waals surface area contributed by atoms with Crippen LogP contribution in [0.1, 0.15) is 43.1 Å². The number of nitrogens with zero attached hydrogens (tertiary/aromatic N) is 2. The van der Waals surface area contributed by atoms with Gasteiger partial charge in [-0.2, -0.15) is 5.10 Å². The summed E-state index contributed by atoms with van der Waals surface area (Å²) < 4.78 is 17.1. The zero-order valence-electron chi connectivity index (χ0n) is 12.7. The van der Waals surface area contributed by atoms with Crippen LogP contribution in [0.4, 0.5) is 4.39 Å². The molecule has 0 radical (unpaired) electrons. The van der Waals surface area contributed by atoms with Gasteiger partial charge < -0.3 is 5.32 Å². The van der Waals surface area contributed by atoms with Crippen molar-refractivity contribution in [3.63, 3.8) is 0 Å². The van der Waals surface area contributed by atoms with E-state index >= 15 is 0 Å². The fourth-order valence-electron chi connectivity index (χ4n) is 2.44. The van der Waals surface area contributed by atoms with E-state index in [-0.39, 0.29) is 11.9 Å². The van der Waals surface area contributed by atoms with E-state index in [1.807, 2.05) is 24.6 Å². The van der Waals surface area contributed by atoms with Gasteiger partial charge in [-0.15, -0.1) is 0 Å². The first kappa shape index (κ1) is 16.2. The number of nitrogens with one attached hydrogen (secondary N) is 1. The molecule has 1 aromatic carbocycles. The molecule has 1 heterocycles. The number of rotatable bonds is 6. The summed E-state index contributed by atoms with van der Waals surface area (Å²) in [5, 5.41) is 7.79. The Bertz CT molecular complexity index is 610. The number of hydrogen-bond donors (Lipinski definition) is 1. The highest BCUT2D eigenvalue weighted by molar-refractivity contribution is 9.10. The average Bonchev–Trinajstić information content (AvgIpc) is 2.84. The van der Waals surface area contributed by atoms with Gasteiger partial charge in [0.15, 0.2) is 0 Å². The lowest BCUT2D eigenvalue weighted by atomic mass is 10.0. The molecule has 1 unspecified atom stereocenters. The Morgan fingerprint density at radius 2 is 2.14 bits per heavy atom. The van der Waals surface area contributed by atoms with Gasteiger partial charge in [0.25, 0.3) is 0 Å². The van der Waals surface area contributed by atoms with Crippen LogP contribution in [-0.2, 0) is 6.54 Å². The first-order valence-corrected chi connectivity index (χ1v) is 8.08. The minimum absolute atomic E-state index is 0.190. The van der Waals surface area contributed by atoms with Crippen LogP contribution in [0.5, 0.6) is 0 Å². The maximum atomic E-state index is 14.3. The first-order chi connectivity index (χ1) is 10.1. The topological polar surface area (TPSA) is 29.9 Å². The van der Waals surface area contributed by atoms with Crippen molar-refractivity contribution in [1.29, 1.82) is 0 Å². The second-order valence-electron chi connectivity index (χ2n) is 5.11. The smallest absolute Gasteiger partial charge is 0.128 e. The van der Waals surface area contributed by atoms with Crippen molar-refractivity contribution < 1.29 is 4.39 Å². The Hall–Kier alpha value is -1.20. The zero-order valence-corrected chi connectivity index (χ0v) is 14.2. The van der Waals surface area contributed by atoms with Crippen molar-refractivity contribution in [2.24, 2.45) is 0 Å². The summed E-state index contributed by atoms with van der Waals surface area (Å²) in [6, 6.07) is 5.03. The van der Waals surface area contributed by atoms with Crippen LogP contribution in [0.2, 0.25) is 0 Å². The quantitative estimate of drug-likeness (QED) is 0.843. The highest BCUT2D eigenvalue weighted by Gasteiger charge is 2.23. The number of benzene rings is 1. The van der Waals surface area contributed by atoms with Gasteiger partial charge in [-0.3, -0.25) is 4.68 Å². The molecule has 0 fully saturated rings. The van der Waals surface area contributed by atoms with E-state index in [2.05, 4.69) is 33.3 Å². The van der Waals surface area contributed by atoms with Gasteiger partial charge in [0.1, 0.15) is 5.82 Å². The largest absolute Gasteiger partial charge is 0.305 e. The van der Waals surface area contributed by atoms with Crippen LogP contribution in [-0.4, -0.2) is 16.3 Å². The van der Waals surface area contributed by atoms with Crippen molar-refractivity contribution in [3.8, 4) is 0 Å². The van der Waals surface area contributed by atoms with E-state index in [1.54, 1.807) is 12.3 Å². The molecule has 0 spiro atoms. The summed E-state index contributed by atoms with van der Waals surface area (Å²) in [6.45, 7) is 7.68. The van der Waals surface area contributed by atoms with Crippen molar-refractivity contribution in [2.75, 3.05) is 6.54 Å². The second-order valence-corrected chi connectivity index (χ2v) is 5.96. The summed E-state index contributed by atoms with van der Waals surface area (Å²) in [4.78, 5) is 0. The van der Waals surface area contributed by atoms with Crippen LogP contribution in [0.25, 0.3) is 0 Å². The monoisotopic (exact) mass is 353 g/mol. The van der Waals surface area contributed by atoms with Crippen LogP contribution in [0, 0.1) is 12.7 Å². The van der Waals surface area contributed by atoms with Crippen molar-refractivity contribution in [3.05, 3.63) is 51.5 Å². The molecule has 0 aliphatic carbocycles. The maximum absolute atomic E-state index is 14.3. The molecule has 1 atom stereocenters.